The van der Waals surface area contributed by atoms with Crippen molar-refractivity contribution in [2.45, 2.75) is 31.7 Å². The first-order chi connectivity index (χ1) is 8.24. The molecule has 3 N–H and O–H groups in total. The average molecular weight is 348 g/mol. The van der Waals surface area contributed by atoms with E-state index in [4.69, 9.17) is 5.73 Å². The smallest absolute Gasteiger partial charge is 0.266 e. The molecule has 0 aliphatic carbocycles. The van der Waals surface area contributed by atoms with Crippen molar-refractivity contribution >= 4 is 28.4 Å². The van der Waals surface area contributed by atoms with E-state index in [1.165, 1.54) is 19.2 Å². The van der Waals surface area contributed by atoms with Crippen LogP contribution in [0.25, 0.3) is 0 Å². The molecule has 1 unspecified atom stereocenters. The number of nitrogens with two attached hydrogens (primary N) is 1. The van der Waals surface area contributed by atoms with E-state index in [9.17, 15) is 4.79 Å². The van der Waals surface area contributed by atoms with Crippen LogP contribution in [-0.2, 0) is 0 Å². The molecule has 17 heavy (non-hydrogen) atoms. The molecule has 2 rings (SSSR count). The first-order valence-electron chi connectivity index (χ1n) is 5.94. The summed E-state index contributed by atoms with van der Waals surface area (Å²) in [5.41, 5.74) is 5.50. The Labute approximate surface area is 114 Å². The molecule has 0 aromatic carbocycles. The summed E-state index contributed by atoms with van der Waals surface area (Å²) >= 11 is 2.07. The van der Waals surface area contributed by atoms with E-state index in [0.717, 1.165) is 31.7 Å². The lowest BCUT2D eigenvalue weighted by Crippen LogP contribution is -2.32. The number of rotatable bonds is 4. The molecule has 1 fully saturated rings. The Bertz CT molecular complexity index is 434. The van der Waals surface area contributed by atoms with Crippen LogP contribution in [0.5, 0.6) is 0 Å². The molecule has 0 saturated carbocycles. The van der Waals surface area contributed by atoms with Gasteiger partial charge in [-0.1, -0.05) is 0 Å². The molecule has 1 aromatic heterocycles. The van der Waals surface area contributed by atoms with Crippen molar-refractivity contribution in [1.29, 1.82) is 0 Å². The zero-order valence-corrected chi connectivity index (χ0v) is 11.8. The van der Waals surface area contributed by atoms with Gasteiger partial charge in [0.1, 0.15) is 9.39 Å². The van der Waals surface area contributed by atoms with E-state index >= 15 is 0 Å². The van der Waals surface area contributed by atoms with Gasteiger partial charge in [-0.05, 0) is 54.8 Å². The normalized spacial score (nSPS) is 19.9. The molecule has 1 aromatic rings. The van der Waals surface area contributed by atoms with Gasteiger partial charge in [0.15, 0.2) is 0 Å². The summed E-state index contributed by atoms with van der Waals surface area (Å²) in [6.07, 6.45) is 5.94. The highest BCUT2D eigenvalue weighted by atomic mass is 127. The van der Waals surface area contributed by atoms with E-state index in [-0.39, 0.29) is 5.56 Å². The number of halogens is 1. The van der Waals surface area contributed by atoms with Crippen LogP contribution < -0.4 is 16.2 Å². The van der Waals surface area contributed by atoms with Crippen LogP contribution in [0.1, 0.15) is 25.7 Å². The summed E-state index contributed by atoms with van der Waals surface area (Å²) in [6.45, 7) is 1.71. The molecule has 0 amide bonds. The highest BCUT2D eigenvalue weighted by molar-refractivity contribution is 14.1. The maximum Gasteiger partial charge on any atom is 0.266 e. The van der Waals surface area contributed by atoms with Crippen molar-refractivity contribution in [2.24, 2.45) is 5.73 Å². The largest absolute Gasteiger partial charge is 0.353 e. The average Bonchev–Trinajstić information content (AvgIpc) is 2.78. The zero-order valence-electron chi connectivity index (χ0n) is 9.66. The molecule has 1 aliphatic heterocycles. The lowest BCUT2D eigenvalue weighted by Gasteiger charge is -2.26. The summed E-state index contributed by atoms with van der Waals surface area (Å²) in [7, 11) is 0. The van der Waals surface area contributed by atoms with E-state index in [0.29, 0.717) is 9.61 Å². The summed E-state index contributed by atoms with van der Waals surface area (Å²) in [4.78, 5) is 20.7. The number of hydrogen-bond donors (Lipinski definition) is 2. The first kappa shape index (κ1) is 12.8. The van der Waals surface area contributed by atoms with Gasteiger partial charge in [-0.3, -0.25) is 4.79 Å². The van der Waals surface area contributed by atoms with Crippen molar-refractivity contribution in [2.75, 3.05) is 18.0 Å². The predicted octanol–water partition coefficient (Wildman–Crippen LogP) is 1.08. The fraction of sp³-hybridized carbons (Fsp3) is 0.636. The minimum absolute atomic E-state index is 0.0555. The molecular formula is C11H17IN4O. The van der Waals surface area contributed by atoms with Gasteiger partial charge in [0.2, 0.25) is 0 Å². The molecule has 6 heteroatoms. The van der Waals surface area contributed by atoms with Crippen LogP contribution in [-0.4, -0.2) is 29.1 Å². The standard InChI is InChI=1S/C11H17IN4O/c12-9-10(14-7-15-11(9)17)16-6-2-4-8(16)3-1-5-13/h7-8H,1-6,13H2,(H,14,15,17). The zero-order chi connectivity index (χ0) is 12.3. The maximum absolute atomic E-state index is 11.6. The fourth-order valence-electron chi connectivity index (χ4n) is 2.34. The number of H-pyrrole nitrogens is 1. The van der Waals surface area contributed by atoms with E-state index in [1.54, 1.807) is 0 Å². The molecule has 0 radical (unpaired) electrons. The van der Waals surface area contributed by atoms with E-state index in [2.05, 4.69) is 37.5 Å². The molecule has 94 valence electrons. The molecule has 1 atom stereocenters. The Kier molecular flexibility index (Phi) is 4.38. The summed E-state index contributed by atoms with van der Waals surface area (Å²) in [5, 5.41) is 0. The van der Waals surface area contributed by atoms with Crippen molar-refractivity contribution in [3.05, 3.63) is 20.3 Å². The third-order valence-corrected chi connectivity index (χ3v) is 4.14. The molecule has 2 heterocycles. The van der Waals surface area contributed by atoms with Crippen molar-refractivity contribution < 1.29 is 0 Å². The summed E-state index contributed by atoms with van der Waals surface area (Å²) in [5.74, 6) is 0.828. The maximum atomic E-state index is 11.6. The van der Waals surface area contributed by atoms with Gasteiger partial charge in [-0.15, -0.1) is 0 Å². The van der Waals surface area contributed by atoms with Crippen LogP contribution in [0.3, 0.4) is 0 Å². The van der Waals surface area contributed by atoms with Crippen LogP contribution in [0, 0.1) is 3.57 Å². The minimum atomic E-state index is -0.0555. The summed E-state index contributed by atoms with van der Waals surface area (Å²) in [6, 6.07) is 0.487. The second-order valence-corrected chi connectivity index (χ2v) is 5.37. The van der Waals surface area contributed by atoms with Gasteiger partial charge >= 0.3 is 0 Å². The molecular weight excluding hydrogens is 331 g/mol. The second-order valence-electron chi connectivity index (χ2n) is 4.29. The number of aromatic nitrogens is 2. The van der Waals surface area contributed by atoms with Gasteiger partial charge in [0.25, 0.3) is 5.56 Å². The number of hydrogen-bond acceptors (Lipinski definition) is 4. The molecule has 0 bridgehead atoms. The molecule has 1 aliphatic rings. The fourth-order valence-corrected chi connectivity index (χ4v) is 2.95. The van der Waals surface area contributed by atoms with Gasteiger partial charge in [-0.2, -0.15) is 0 Å². The molecule has 0 spiro atoms. The van der Waals surface area contributed by atoms with Crippen LogP contribution in [0.4, 0.5) is 5.82 Å². The van der Waals surface area contributed by atoms with Crippen LogP contribution in [0.15, 0.2) is 11.1 Å². The Hall–Kier alpha value is -0.630. The van der Waals surface area contributed by atoms with Gasteiger partial charge in [0.05, 0.1) is 6.33 Å². The third kappa shape index (κ3) is 2.79. The van der Waals surface area contributed by atoms with E-state index in [1.807, 2.05) is 0 Å². The van der Waals surface area contributed by atoms with Gasteiger partial charge < -0.3 is 15.6 Å². The first-order valence-corrected chi connectivity index (χ1v) is 7.02. The van der Waals surface area contributed by atoms with Crippen LogP contribution in [0.2, 0.25) is 0 Å². The number of anilines is 1. The SMILES string of the molecule is NCCCC1CCCN1c1nc[nH]c(=O)c1I. The number of nitrogens with zero attached hydrogens (tertiary/aromatic N) is 2. The van der Waals surface area contributed by atoms with Crippen molar-refractivity contribution in [3.8, 4) is 0 Å². The highest BCUT2D eigenvalue weighted by Gasteiger charge is 2.27. The topological polar surface area (TPSA) is 75.0 Å². The lowest BCUT2D eigenvalue weighted by atomic mass is 10.1. The third-order valence-electron chi connectivity index (χ3n) is 3.17. The Balaban J connectivity index is 2.20. The highest BCUT2D eigenvalue weighted by Crippen LogP contribution is 2.28. The van der Waals surface area contributed by atoms with Crippen molar-refractivity contribution in [3.63, 3.8) is 0 Å². The molecule has 1 saturated heterocycles. The number of nitrogens with one attached hydrogen (secondary N) is 1. The van der Waals surface area contributed by atoms with Crippen molar-refractivity contribution in [1.82, 2.24) is 9.97 Å². The van der Waals surface area contributed by atoms with Gasteiger partial charge in [-0.25, -0.2) is 4.98 Å². The lowest BCUT2D eigenvalue weighted by molar-refractivity contribution is 0.581. The Morgan fingerprint density at radius 3 is 3.24 bits per heavy atom. The predicted molar refractivity (Wildman–Crippen MR) is 76.2 cm³/mol. The minimum Gasteiger partial charge on any atom is -0.353 e. The summed E-state index contributed by atoms with van der Waals surface area (Å²) < 4.78 is 0.685. The number of aromatic amines is 1. The Morgan fingerprint density at radius 2 is 2.47 bits per heavy atom. The second kappa shape index (κ2) is 5.81. The van der Waals surface area contributed by atoms with Crippen LogP contribution >= 0.6 is 22.6 Å². The van der Waals surface area contributed by atoms with Gasteiger partial charge in [0, 0.05) is 12.6 Å². The monoisotopic (exact) mass is 348 g/mol. The quantitative estimate of drug-likeness (QED) is 0.799. The Morgan fingerprint density at radius 1 is 1.65 bits per heavy atom. The van der Waals surface area contributed by atoms with E-state index < -0.39 is 0 Å². The molecule has 5 nitrogen and oxygen atoms in total.